The number of benzene rings is 2. The normalized spacial score (nSPS) is 16.2. The van der Waals surface area contributed by atoms with E-state index in [1.807, 2.05) is 42.5 Å². The zero-order valence-electron chi connectivity index (χ0n) is 12.7. The Morgan fingerprint density at radius 1 is 0.958 bits per heavy atom. The van der Waals surface area contributed by atoms with Crippen molar-refractivity contribution in [2.24, 2.45) is 0 Å². The van der Waals surface area contributed by atoms with E-state index in [1.165, 1.54) is 0 Å². The van der Waals surface area contributed by atoms with Crippen molar-refractivity contribution in [3.63, 3.8) is 0 Å². The van der Waals surface area contributed by atoms with E-state index in [9.17, 15) is 8.42 Å². The van der Waals surface area contributed by atoms with Crippen LogP contribution in [0.2, 0.25) is 0 Å². The van der Waals surface area contributed by atoms with Gasteiger partial charge in [0.1, 0.15) is 0 Å². The molecule has 0 amide bonds. The van der Waals surface area contributed by atoms with Crippen LogP contribution in [0.4, 0.5) is 0 Å². The molecule has 122 valence electrons. The van der Waals surface area contributed by atoms with Gasteiger partial charge >= 0.3 is 0 Å². The largest absolute Gasteiger partial charge is 0.259 e. The van der Waals surface area contributed by atoms with Gasteiger partial charge in [-0.1, -0.05) is 46.3 Å². The average Bonchev–Trinajstić information content (AvgIpc) is 3.36. The predicted octanol–water partition coefficient (Wildman–Crippen LogP) is 3.96. The molecule has 1 aromatic heterocycles. The standard InChI is InChI=1S/C18H15BrN2O2S/c19-15-8-9-16(14-6-2-1-5-13(14)15)24(22,23)21-18(10-11-18)17-7-3-4-12-20-17/h1-9,12,21H,10-11H2. The molecule has 24 heavy (non-hydrogen) atoms. The van der Waals surface area contributed by atoms with Crippen molar-refractivity contribution < 1.29 is 8.42 Å². The lowest BCUT2D eigenvalue weighted by molar-refractivity contribution is 0.547. The van der Waals surface area contributed by atoms with Gasteiger partial charge in [-0.15, -0.1) is 0 Å². The number of hydrogen-bond donors (Lipinski definition) is 1. The van der Waals surface area contributed by atoms with E-state index in [1.54, 1.807) is 18.3 Å². The molecule has 0 atom stereocenters. The second kappa shape index (κ2) is 5.65. The van der Waals surface area contributed by atoms with Gasteiger partial charge < -0.3 is 0 Å². The molecule has 1 N–H and O–H groups in total. The fraction of sp³-hybridized carbons (Fsp3) is 0.167. The fourth-order valence-electron chi connectivity index (χ4n) is 2.96. The zero-order chi connectivity index (χ0) is 16.8. The minimum atomic E-state index is -3.66. The molecule has 0 bridgehead atoms. The van der Waals surface area contributed by atoms with Crippen LogP contribution in [0.5, 0.6) is 0 Å². The maximum absolute atomic E-state index is 13.0. The monoisotopic (exact) mass is 402 g/mol. The van der Waals surface area contributed by atoms with Gasteiger partial charge in [-0.05, 0) is 42.5 Å². The van der Waals surface area contributed by atoms with E-state index in [2.05, 4.69) is 25.6 Å². The van der Waals surface area contributed by atoms with E-state index in [-0.39, 0.29) is 0 Å². The van der Waals surface area contributed by atoms with Gasteiger partial charge in [0, 0.05) is 16.1 Å². The topological polar surface area (TPSA) is 59.1 Å². The molecule has 3 aromatic rings. The Labute approximate surface area is 149 Å². The summed E-state index contributed by atoms with van der Waals surface area (Å²) in [5.41, 5.74) is 0.198. The van der Waals surface area contributed by atoms with E-state index in [0.717, 1.165) is 28.4 Å². The highest BCUT2D eigenvalue weighted by Crippen LogP contribution is 2.46. The van der Waals surface area contributed by atoms with Crippen LogP contribution in [-0.4, -0.2) is 13.4 Å². The Bertz CT molecular complexity index is 1020. The molecule has 1 fully saturated rings. The van der Waals surface area contributed by atoms with Gasteiger partial charge in [-0.3, -0.25) is 4.98 Å². The van der Waals surface area contributed by atoms with E-state index >= 15 is 0 Å². The maximum Gasteiger partial charge on any atom is 0.242 e. The summed E-state index contributed by atoms with van der Waals surface area (Å²) in [5, 5.41) is 1.58. The molecule has 0 saturated heterocycles. The van der Waals surface area contributed by atoms with Crippen molar-refractivity contribution in [2.75, 3.05) is 0 Å². The second-order valence-electron chi connectivity index (χ2n) is 5.99. The lowest BCUT2D eigenvalue weighted by Gasteiger charge is -2.18. The number of nitrogens with zero attached hydrogens (tertiary/aromatic N) is 1. The highest BCUT2D eigenvalue weighted by atomic mass is 79.9. The van der Waals surface area contributed by atoms with E-state index < -0.39 is 15.6 Å². The van der Waals surface area contributed by atoms with Crippen LogP contribution in [0.1, 0.15) is 18.5 Å². The van der Waals surface area contributed by atoms with Gasteiger partial charge in [0.2, 0.25) is 10.0 Å². The third-order valence-electron chi connectivity index (χ3n) is 4.36. The summed E-state index contributed by atoms with van der Waals surface area (Å²) in [7, 11) is -3.66. The van der Waals surface area contributed by atoms with Crippen LogP contribution in [0, 0.1) is 0 Å². The van der Waals surface area contributed by atoms with Crippen LogP contribution in [-0.2, 0) is 15.6 Å². The smallest absolute Gasteiger partial charge is 0.242 e. The van der Waals surface area contributed by atoms with Gasteiger partial charge in [-0.25, -0.2) is 8.42 Å². The first-order chi connectivity index (χ1) is 11.5. The van der Waals surface area contributed by atoms with Gasteiger partial charge in [0.15, 0.2) is 0 Å². The summed E-state index contributed by atoms with van der Waals surface area (Å²) >= 11 is 3.48. The number of halogens is 1. The number of fused-ring (bicyclic) bond motifs is 1. The molecule has 0 unspecified atom stereocenters. The van der Waals surface area contributed by atoms with E-state index in [4.69, 9.17) is 0 Å². The molecule has 0 spiro atoms. The van der Waals surface area contributed by atoms with Crippen molar-refractivity contribution in [3.05, 3.63) is 71.0 Å². The van der Waals surface area contributed by atoms with Crippen molar-refractivity contribution in [1.29, 1.82) is 0 Å². The average molecular weight is 403 g/mol. The SMILES string of the molecule is O=S(=O)(NC1(c2ccccn2)CC1)c1ccc(Br)c2ccccc12. The number of rotatable bonds is 4. The number of pyridine rings is 1. The summed E-state index contributed by atoms with van der Waals surface area (Å²) in [6, 6.07) is 16.5. The molecule has 0 aliphatic heterocycles. The highest BCUT2D eigenvalue weighted by Gasteiger charge is 2.49. The Morgan fingerprint density at radius 3 is 2.33 bits per heavy atom. The molecule has 2 aromatic carbocycles. The molecule has 1 heterocycles. The molecule has 1 aliphatic rings. The fourth-order valence-corrected chi connectivity index (χ4v) is 5.09. The van der Waals surface area contributed by atoms with Gasteiger partial charge in [0.25, 0.3) is 0 Å². The number of aromatic nitrogens is 1. The van der Waals surface area contributed by atoms with Crippen LogP contribution in [0.15, 0.2) is 70.2 Å². The third kappa shape index (κ3) is 2.64. The molecule has 4 rings (SSSR count). The first-order valence-corrected chi connectivity index (χ1v) is 9.92. The molecule has 1 aliphatic carbocycles. The van der Waals surface area contributed by atoms with Crippen molar-refractivity contribution >= 4 is 36.7 Å². The molecule has 0 radical (unpaired) electrons. The summed E-state index contributed by atoms with van der Waals surface area (Å²) in [5.74, 6) is 0. The van der Waals surface area contributed by atoms with Crippen LogP contribution in [0.25, 0.3) is 10.8 Å². The first-order valence-electron chi connectivity index (χ1n) is 7.65. The van der Waals surface area contributed by atoms with Crippen molar-refractivity contribution in [1.82, 2.24) is 9.71 Å². The van der Waals surface area contributed by atoms with Crippen molar-refractivity contribution in [2.45, 2.75) is 23.3 Å². The third-order valence-corrected chi connectivity index (χ3v) is 6.64. The number of hydrogen-bond acceptors (Lipinski definition) is 3. The molecule has 1 saturated carbocycles. The highest BCUT2D eigenvalue weighted by molar-refractivity contribution is 9.10. The molecule has 4 nitrogen and oxygen atoms in total. The summed E-state index contributed by atoms with van der Waals surface area (Å²) in [6.07, 6.45) is 3.22. The minimum Gasteiger partial charge on any atom is -0.259 e. The van der Waals surface area contributed by atoms with Gasteiger partial charge in [-0.2, -0.15) is 4.72 Å². The second-order valence-corrected chi connectivity index (χ2v) is 8.50. The maximum atomic E-state index is 13.0. The van der Waals surface area contributed by atoms with E-state index in [0.29, 0.717) is 10.3 Å². The zero-order valence-corrected chi connectivity index (χ0v) is 15.1. The lowest BCUT2D eigenvalue weighted by Crippen LogP contribution is -2.35. The minimum absolute atomic E-state index is 0.295. The Morgan fingerprint density at radius 2 is 1.67 bits per heavy atom. The molecular formula is C18H15BrN2O2S. The summed E-state index contributed by atoms with van der Waals surface area (Å²) < 4.78 is 29.8. The summed E-state index contributed by atoms with van der Waals surface area (Å²) in [6.45, 7) is 0. The number of nitrogens with one attached hydrogen (secondary N) is 1. The van der Waals surface area contributed by atoms with Crippen LogP contribution in [0.3, 0.4) is 0 Å². The quantitative estimate of drug-likeness (QED) is 0.718. The first kappa shape index (κ1) is 15.7. The molecular weight excluding hydrogens is 388 g/mol. The van der Waals surface area contributed by atoms with Crippen LogP contribution >= 0.6 is 15.9 Å². The molecule has 6 heteroatoms. The van der Waals surface area contributed by atoms with Crippen LogP contribution < -0.4 is 4.72 Å². The Kier molecular flexibility index (Phi) is 3.71. The Balaban J connectivity index is 1.79. The lowest BCUT2D eigenvalue weighted by atomic mass is 10.1. The van der Waals surface area contributed by atoms with Gasteiger partial charge in [0.05, 0.1) is 16.1 Å². The number of sulfonamides is 1. The van der Waals surface area contributed by atoms with Crippen molar-refractivity contribution in [3.8, 4) is 0 Å². The summed E-state index contributed by atoms with van der Waals surface area (Å²) in [4.78, 5) is 4.63. The Hall–Kier alpha value is -1.76. The predicted molar refractivity (Wildman–Crippen MR) is 97.1 cm³/mol.